The number of likely N-dealkylation sites (N-methyl/N-ethyl adjacent to an activating group) is 2. The van der Waals surface area contributed by atoms with Crippen LogP contribution in [0.4, 0.5) is 11.4 Å². The lowest BCUT2D eigenvalue weighted by atomic mass is 10.2. The summed E-state index contributed by atoms with van der Waals surface area (Å²) in [5.74, 6) is 0. The van der Waals surface area contributed by atoms with E-state index >= 15 is 0 Å². The third-order valence-electron chi connectivity index (χ3n) is 2.53. The van der Waals surface area contributed by atoms with E-state index in [4.69, 9.17) is 11.6 Å². The summed E-state index contributed by atoms with van der Waals surface area (Å²) in [6.45, 7) is 2.13. The molecule has 0 atom stereocenters. The van der Waals surface area contributed by atoms with Gasteiger partial charge in [0.15, 0.2) is 0 Å². The third kappa shape index (κ3) is 1.46. The Balaban J connectivity index is 2.50. The first-order valence-corrected chi connectivity index (χ1v) is 4.78. The minimum atomic E-state index is 0.806. The van der Waals surface area contributed by atoms with Crippen molar-refractivity contribution < 1.29 is 0 Å². The van der Waals surface area contributed by atoms with E-state index in [9.17, 15) is 0 Å². The van der Waals surface area contributed by atoms with Gasteiger partial charge in [0, 0.05) is 32.2 Å². The summed E-state index contributed by atoms with van der Waals surface area (Å²) in [7, 11) is 4.21. The highest BCUT2D eigenvalue weighted by Crippen LogP contribution is 2.33. The maximum absolute atomic E-state index is 5.94. The van der Waals surface area contributed by atoms with Crippen molar-refractivity contribution in [2.45, 2.75) is 0 Å². The van der Waals surface area contributed by atoms with Gasteiger partial charge in [-0.1, -0.05) is 11.6 Å². The van der Waals surface area contributed by atoms with Crippen LogP contribution in [0.3, 0.4) is 0 Å². The van der Waals surface area contributed by atoms with Crippen molar-refractivity contribution in [3.8, 4) is 0 Å². The predicted molar refractivity (Wildman–Crippen MR) is 58.0 cm³/mol. The van der Waals surface area contributed by atoms with Crippen LogP contribution in [-0.2, 0) is 0 Å². The molecule has 0 aliphatic carbocycles. The van der Waals surface area contributed by atoms with E-state index in [2.05, 4.69) is 30.0 Å². The van der Waals surface area contributed by atoms with E-state index < -0.39 is 0 Å². The fourth-order valence-electron chi connectivity index (χ4n) is 1.67. The summed E-state index contributed by atoms with van der Waals surface area (Å²) in [5.41, 5.74) is 2.49. The van der Waals surface area contributed by atoms with Gasteiger partial charge < -0.3 is 9.80 Å². The molecule has 0 unspecified atom stereocenters. The Bertz CT molecular complexity index is 325. The molecule has 0 fully saturated rings. The number of rotatable bonds is 0. The van der Waals surface area contributed by atoms with Crippen LogP contribution >= 0.6 is 11.6 Å². The van der Waals surface area contributed by atoms with E-state index in [1.165, 1.54) is 11.4 Å². The molecule has 13 heavy (non-hydrogen) atoms. The highest BCUT2D eigenvalue weighted by molar-refractivity contribution is 6.31. The molecule has 1 heterocycles. The van der Waals surface area contributed by atoms with Crippen LogP contribution in [0.15, 0.2) is 18.2 Å². The maximum atomic E-state index is 5.94. The Labute approximate surface area is 83.7 Å². The number of hydrogen-bond donors (Lipinski definition) is 0. The van der Waals surface area contributed by atoms with Gasteiger partial charge in [-0.15, -0.1) is 0 Å². The minimum Gasteiger partial charge on any atom is -0.371 e. The molecule has 1 aromatic carbocycles. The lowest BCUT2D eigenvalue weighted by Gasteiger charge is -2.34. The fourth-order valence-corrected chi connectivity index (χ4v) is 1.83. The largest absolute Gasteiger partial charge is 0.371 e. The zero-order valence-corrected chi connectivity index (χ0v) is 8.67. The lowest BCUT2D eigenvalue weighted by molar-refractivity contribution is 0.798. The second-order valence-electron chi connectivity index (χ2n) is 3.48. The lowest BCUT2D eigenvalue weighted by Crippen LogP contribution is -2.36. The average Bonchev–Trinajstić information content (AvgIpc) is 2.12. The van der Waals surface area contributed by atoms with E-state index in [0.717, 1.165) is 18.1 Å². The quantitative estimate of drug-likeness (QED) is 0.628. The summed E-state index contributed by atoms with van der Waals surface area (Å²) >= 11 is 5.94. The third-order valence-corrected chi connectivity index (χ3v) is 2.77. The summed E-state index contributed by atoms with van der Waals surface area (Å²) in [6, 6.07) is 6.04. The van der Waals surface area contributed by atoms with Crippen molar-refractivity contribution in [1.82, 2.24) is 0 Å². The van der Waals surface area contributed by atoms with Crippen LogP contribution in [0.2, 0.25) is 5.02 Å². The molecule has 1 aromatic rings. The zero-order valence-electron chi connectivity index (χ0n) is 7.92. The monoisotopic (exact) mass is 196 g/mol. The molecule has 1 aliphatic rings. The van der Waals surface area contributed by atoms with Gasteiger partial charge in [0.25, 0.3) is 0 Å². The summed E-state index contributed by atoms with van der Waals surface area (Å²) in [4.78, 5) is 4.49. The molecule has 0 spiro atoms. The summed E-state index contributed by atoms with van der Waals surface area (Å²) < 4.78 is 0. The second kappa shape index (κ2) is 3.11. The molecule has 1 aliphatic heterocycles. The van der Waals surface area contributed by atoms with Crippen molar-refractivity contribution in [2.75, 3.05) is 37.0 Å². The van der Waals surface area contributed by atoms with E-state index in [0.29, 0.717) is 0 Å². The molecule has 0 radical (unpaired) electrons. The number of hydrogen-bond acceptors (Lipinski definition) is 2. The van der Waals surface area contributed by atoms with Gasteiger partial charge in [-0.05, 0) is 18.2 Å². The van der Waals surface area contributed by atoms with Crippen LogP contribution < -0.4 is 9.80 Å². The number of nitrogens with zero attached hydrogens (tertiary/aromatic N) is 2. The van der Waals surface area contributed by atoms with Crippen molar-refractivity contribution in [1.29, 1.82) is 0 Å². The fraction of sp³-hybridized carbons (Fsp3) is 0.400. The molecule has 0 amide bonds. The topological polar surface area (TPSA) is 6.48 Å². The van der Waals surface area contributed by atoms with Crippen molar-refractivity contribution >= 4 is 23.0 Å². The first kappa shape index (κ1) is 8.70. The van der Waals surface area contributed by atoms with E-state index in [1.807, 2.05) is 12.1 Å². The van der Waals surface area contributed by atoms with Crippen LogP contribution in [0.5, 0.6) is 0 Å². The molecule has 0 saturated carbocycles. The summed E-state index contributed by atoms with van der Waals surface area (Å²) in [6.07, 6.45) is 0. The Morgan fingerprint density at radius 1 is 1.08 bits per heavy atom. The van der Waals surface area contributed by atoms with Crippen LogP contribution in [0.25, 0.3) is 0 Å². The van der Waals surface area contributed by atoms with Crippen molar-refractivity contribution in [3.05, 3.63) is 23.2 Å². The normalized spacial score (nSPS) is 15.9. The number of fused-ring (bicyclic) bond motifs is 1. The highest BCUT2D eigenvalue weighted by atomic mass is 35.5. The zero-order chi connectivity index (χ0) is 9.42. The maximum Gasteiger partial charge on any atom is 0.0616 e. The molecule has 0 N–H and O–H groups in total. The molecule has 70 valence electrons. The van der Waals surface area contributed by atoms with Gasteiger partial charge in [-0.25, -0.2) is 0 Å². The number of halogens is 1. The molecular formula is C10H13ClN2. The molecular weight excluding hydrogens is 184 g/mol. The van der Waals surface area contributed by atoms with Crippen LogP contribution in [0, 0.1) is 0 Å². The van der Waals surface area contributed by atoms with Gasteiger partial charge >= 0.3 is 0 Å². The first-order chi connectivity index (χ1) is 6.18. The van der Waals surface area contributed by atoms with E-state index in [1.54, 1.807) is 0 Å². The Kier molecular flexibility index (Phi) is 2.08. The van der Waals surface area contributed by atoms with Gasteiger partial charge in [-0.2, -0.15) is 0 Å². The SMILES string of the molecule is CN1CCN(C)c2cc(Cl)ccc21. The van der Waals surface area contributed by atoms with Gasteiger partial charge in [0.05, 0.1) is 11.4 Å². The van der Waals surface area contributed by atoms with Crippen LogP contribution in [0.1, 0.15) is 0 Å². The standard InChI is InChI=1S/C10H13ClN2/c1-12-5-6-13(2)10-7-8(11)3-4-9(10)12/h3-4,7H,5-6H2,1-2H3. The first-order valence-electron chi connectivity index (χ1n) is 4.40. The van der Waals surface area contributed by atoms with Crippen molar-refractivity contribution in [2.24, 2.45) is 0 Å². The highest BCUT2D eigenvalue weighted by Gasteiger charge is 2.16. The Morgan fingerprint density at radius 3 is 2.38 bits per heavy atom. The number of benzene rings is 1. The van der Waals surface area contributed by atoms with Crippen molar-refractivity contribution in [3.63, 3.8) is 0 Å². The van der Waals surface area contributed by atoms with Gasteiger partial charge in [0.1, 0.15) is 0 Å². The molecule has 3 heteroatoms. The van der Waals surface area contributed by atoms with E-state index in [-0.39, 0.29) is 0 Å². The second-order valence-corrected chi connectivity index (χ2v) is 3.91. The Hall–Kier alpha value is -0.890. The Morgan fingerprint density at radius 2 is 1.69 bits per heavy atom. The predicted octanol–water partition coefficient (Wildman–Crippen LogP) is 2.23. The minimum absolute atomic E-state index is 0.806. The average molecular weight is 197 g/mol. The molecule has 2 rings (SSSR count). The summed E-state index contributed by atoms with van der Waals surface area (Å²) in [5, 5.41) is 0.806. The molecule has 0 aromatic heterocycles. The molecule has 2 nitrogen and oxygen atoms in total. The molecule has 0 bridgehead atoms. The van der Waals surface area contributed by atoms with Crippen LogP contribution in [-0.4, -0.2) is 27.2 Å². The number of anilines is 2. The smallest absolute Gasteiger partial charge is 0.0616 e. The molecule has 0 saturated heterocycles. The van der Waals surface area contributed by atoms with Gasteiger partial charge in [0.2, 0.25) is 0 Å². The van der Waals surface area contributed by atoms with Gasteiger partial charge in [-0.3, -0.25) is 0 Å².